The van der Waals surface area contributed by atoms with Crippen LogP contribution in [0, 0.1) is 4.77 Å². The number of fused-ring (bicyclic) bond motifs is 1. The summed E-state index contributed by atoms with van der Waals surface area (Å²) in [5.41, 5.74) is 1.84. The first kappa shape index (κ1) is 10.3. The first-order valence-electron chi connectivity index (χ1n) is 4.78. The van der Waals surface area contributed by atoms with E-state index in [4.69, 9.17) is 17.0 Å². The number of aromatic nitrogens is 3. The predicted molar refractivity (Wildman–Crippen MR) is 61.5 cm³/mol. The number of hydrogen-bond acceptors (Lipinski definition) is 3. The van der Waals surface area contributed by atoms with E-state index >= 15 is 0 Å². The van der Waals surface area contributed by atoms with Gasteiger partial charge in [-0.3, -0.25) is 4.57 Å². The van der Waals surface area contributed by atoms with Crippen molar-refractivity contribution in [3.05, 3.63) is 23.1 Å². The maximum Gasteiger partial charge on any atom is 0.179 e. The molecule has 2 aromatic heterocycles. The molecule has 0 radical (unpaired) electrons. The minimum atomic E-state index is 0.186. The van der Waals surface area contributed by atoms with Gasteiger partial charge in [0, 0.05) is 13.3 Å². The van der Waals surface area contributed by atoms with Crippen LogP contribution in [-0.4, -0.2) is 28.3 Å². The van der Waals surface area contributed by atoms with Crippen LogP contribution in [0.3, 0.4) is 0 Å². The normalized spacial score (nSPS) is 13.2. The lowest BCUT2D eigenvalue weighted by atomic mass is 10.3. The van der Waals surface area contributed by atoms with Crippen molar-refractivity contribution >= 4 is 23.4 Å². The summed E-state index contributed by atoms with van der Waals surface area (Å²) in [6.07, 6.45) is 1.76. The Hall–Kier alpha value is -1.20. The molecule has 0 spiro atoms. The van der Waals surface area contributed by atoms with Crippen molar-refractivity contribution in [3.63, 3.8) is 0 Å². The highest BCUT2D eigenvalue weighted by Gasteiger charge is 2.10. The van der Waals surface area contributed by atoms with E-state index in [0.29, 0.717) is 11.4 Å². The molecule has 1 N–H and O–H groups in total. The molecule has 15 heavy (non-hydrogen) atoms. The molecule has 0 aliphatic heterocycles. The molecule has 0 amide bonds. The number of aromatic amines is 1. The molecule has 0 aliphatic carbocycles. The number of pyridine rings is 1. The van der Waals surface area contributed by atoms with Gasteiger partial charge in [-0.25, -0.2) is 4.98 Å². The molecule has 5 heteroatoms. The zero-order valence-corrected chi connectivity index (χ0v) is 9.54. The number of rotatable bonds is 3. The van der Waals surface area contributed by atoms with E-state index in [1.807, 2.05) is 16.7 Å². The summed E-state index contributed by atoms with van der Waals surface area (Å²) in [5, 5.41) is 0. The van der Waals surface area contributed by atoms with E-state index in [9.17, 15) is 0 Å². The number of nitrogens with zero attached hydrogens (tertiary/aromatic N) is 2. The van der Waals surface area contributed by atoms with Gasteiger partial charge in [0.05, 0.1) is 18.2 Å². The Morgan fingerprint density at radius 1 is 1.67 bits per heavy atom. The van der Waals surface area contributed by atoms with Crippen molar-refractivity contribution in [1.29, 1.82) is 0 Å². The molecule has 0 bridgehead atoms. The van der Waals surface area contributed by atoms with Gasteiger partial charge in [-0.2, -0.15) is 0 Å². The van der Waals surface area contributed by atoms with Gasteiger partial charge in [-0.05, 0) is 31.3 Å². The molecule has 4 nitrogen and oxygen atoms in total. The summed E-state index contributed by atoms with van der Waals surface area (Å²) in [5.74, 6) is 0. The third kappa shape index (κ3) is 1.80. The number of methoxy groups -OCH3 is 1. The number of ether oxygens (including phenoxy) is 1. The number of hydrogen-bond donors (Lipinski definition) is 1. The van der Waals surface area contributed by atoms with E-state index in [-0.39, 0.29) is 6.04 Å². The van der Waals surface area contributed by atoms with Crippen molar-refractivity contribution in [3.8, 4) is 0 Å². The Bertz CT molecular complexity index is 517. The van der Waals surface area contributed by atoms with Crippen LogP contribution >= 0.6 is 12.2 Å². The maximum absolute atomic E-state index is 5.26. The van der Waals surface area contributed by atoms with Gasteiger partial charge in [0.15, 0.2) is 10.4 Å². The van der Waals surface area contributed by atoms with E-state index < -0.39 is 0 Å². The van der Waals surface area contributed by atoms with Crippen LogP contribution in [0.15, 0.2) is 18.3 Å². The fourth-order valence-corrected chi connectivity index (χ4v) is 2.06. The number of nitrogens with one attached hydrogen (secondary N) is 1. The lowest BCUT2D eigenvalue weighted by Crippen LogP contribution is -2.11. The fraction of sp³-hybridized carbons (Fsp3) is 0.400. The molecule has 0 aliphatic rings. The third-order valence-corrected chi connectivity index (χ3v) is 2.62. The Balaban J connectivity index is 2.58. The van der Waals surface area contributed by atoms with E-state index in [1.54, 1.807) is 13.3 Å². The van der Waals surface area contributed by atoms with Crippen LogP contribution in [0.25, 0.3) is 11.2 Å². The van der Waals surface area contributed by atoms with E-state index in [0.717, 1.165) is 11.2 Å². The van der Waals surface area contributed by atoms with Gasteiger partial charge in [-0.1, -0.05) is 0 Å². The molecule has 0 saturated heterocycles. The monoisotopic (exact) mass is 223 g/mol. The van der Waals surface area contributed by atoms with Gasteiger partial charge in [-0.15, -0.1) is 0 Å². The summed E-state index contributed by atoms with van der Waals surface area (Å²) in [6, 6.07) is 4.04. The summed E-state index contributed by atoms with van der Waals surface area (Å²) in [7, 11) is 1.68. The van der Waals surface area contributed by atoms with E-state index in [2.05, 4.69) is 16.9 Å². The van der Waals surface area contributed by atoms with Gasteiger partial charge in [0.1, 0.15) is 0 Å². The Morgan fingerprint density at radius 2 is 2.47 bits per heavy atom. The van der Waals surface area contributed by atoms with Gasteiger partial charge in [0.2, 0.25) is 0 Å². The molecule has 2 aromatic rings. The number of imidazole rings is 1. The van der Waals surface area contributed by atoms with Crippen LogP contribution in [0.1, 0.15) is 13.0 Å². The summed E-state index contributed by atoms with van der Waals surface area (Å²) in [4.78, 5) is 7.44. The van der Waals surface area contributed by atoms with Crippen molar-refractivity contribution < 1.29 is 4.74 Å². The highest BCUT2D eigenvalue weighted by Crippen LogP contribution is 2.16. The largest absolute Gasteiger partial charge is 0.383 e. The third-order valence-electron chi connectivity index (χ3n) is 2.32. The summed E-state index contributed by atoms with van der Waals surface area (Å²) < 4.78 is 7.79. The minimum Gasteiger partial charge on any atom is -0.383 e. The first-order valence-corrected chi connectivity index (χ1v) is 5.19. The molecule has 1 unspecified atom stereocenters. The Labute approximate surface area is 92.9 Å². The second-order valence-electron chi connectivity index (χ2n) is 3.48. The van der Waals surface area contributed by atoms with Gasteiger partial charge in [0.25, 0.3) is 0 Å². The van der Waals surface area contributed by atoms with Crippen LogP contribution in [0.2, 0.25) is 0 Å². The highest BCUT2D eigenvalue weighted by molar-refractivity contribution is 7.71. The SMILES string of the molecule is COCC(C)n1c(=S)[nH]c2cccnc21. The maximum atomic E-state index is 5.26. The second kappa shape index (κ2) is 4.12. The first-order chi connectivity index (χ1) is 7.24. The lowest BCUT2D eigenvalue weighted by Gasteiger charge is -2.12. The summed E-state index contributed by atoms with van der Waals surface area (Å²) >= 11 is 5.26. The quantitative estimate of drug-likeness (QED) is 0.812. The Kier molecular flexibility index (Phi) is 2.83. The molecule has 0 aromatic carbocycles. The van der Waals surface area contributed by atoms with E-state index in [1.165, 1.54) is 0 Å². The highest BCUT2D eigenvalue weighted by atomic mass is 32.1. The molecule has 2 rings (SSSR count). The molecule has 1 atom stereocenters. The topological polar surface area (TPSA) is 42.8 Å². The standard InChI is InChI=1S/C10H13N3OS/c1-7(6-14-2)13-9-8(12-10(13)15)4-3-5-11-9/h3-5,7H,6H2,1-2H3,(H,12,15). The van der Waals surface area contributed by atoms with Crippen LogP contribution < -0.4 is 0 Å². The van der Waals surface area contributed by atoms with Crippen molar-refractivity contribution in [1.82, 2.24) is 14.5 Å². The smallest absolute Gasteiger partial charge is 0.179 e. The van der Waals surface area contributed by atoms with Crippen molar-refractivity contribution in [2.24, 2.45) is 0 Å². The number of H-pyrrole nitrogens is 1. The van der Waals surface area contributed by atoms with Crippen LogP contribution in [0.4, 0.5) is 0 Å². The average Bonchev–Trinajstić information content (AvgIpc) is 2.54. The zero-order valence-electron chi connectivity index (χ0n) is 8.73. The molecule has 0 saturated carbocycles. The molecular weight excluding hydrogens is 210 g/mol. The fourth-order valence-electron chi connectivity index (χ4n) is 1.68. The average molecular weight is 223 g/mol. The van der Waals surface area contributed by atoms with Gasteiger partial charge < -0.3 is 9.72 Å². The van der Waals surface area contributed by atoms with Gasteiger partial charge >= 0.3 is 0 Å². The lowest BCUT2D eigenvalue weighted by molar-refractivity contribution is 0.163. The summed E-state index contributed by atoms with van der Waals surface area (Å²) in [6.45, 7) is 2.68. The second-order valence-corrected chi connectivity index (χ2v) is 3.87. The van der Waals surface area contributed by atoms with Crippen molar-refractivity contribution in [2.75, 3.05) is 13.7 Å². The minimum absolute atomic E-state index is 0.186. The van der Waals surface area contributed by atoms with Crippen LogP contribution in [0.5, 0.6) is 0 Å². The molecule has 2 heterocycles. The van der Waals surface area contributed by atoms with Crippen molar-refractivity contribution in [2.45, 2.75) is 13.0 Å². The molecule has 80 valence electrons. The molecule has 0 fully saturated rings. The molecular formula is C10H13N3OS. The Morgan fingerprint density at radius 3 is 3.20 bits per heavy atom. The zero-order chi connectivity index (χ0) is 10.8. The predicted octanol–water partition coefficient (Wildman–Crippen LogP) is 2.30. The van der Waals surface area contributed by atoms with Crippen LogP contribution in [-0.2, 0) is 4.74 Å².